The third-order valence-electron chi connectivity index (χ3n) is 4.06. The van der Waals surface area contributed by atoms with Gasteiger partial charge in [-0.25, -0.2) is 4.98 Å². The minimum Gasteiger partial charge on any atom is -0.356 e. The number of aromatic nitrogens is 3. The Kier molecular flexibility index (Phi) is 3.94. The summed E-state index contributed by atoms with van der Waals surface area (Å²) in [7, 11) is 0. The van der Waals surface area contributed by atoms with Crippen molar-refractivity contribution in [3.05, 3.63) is 41.7 Å². The highest BCUT2D eigenvalue weighted by Crippen LogP contribution is 2.23. The van der Waals surface area contributed by atoms with E-state index in [1.807, 2.05) is 11.0 Å². The van der Waals surface area contributed by atoms with Gasteiger partial charge in [-0.15, -0.1) is 0 Å². The Bertz CT molecular complexity index is 683. The molecule has 0 radical (unpaired) electrons. The lowest BCUT2D eigenvalue weighted by atomic mass is 10.1. The van der Waals surface area contributed by atoms with Crippen LogP contribution in [0.15, 0.2) is 24.7 Å². The van der Waals surface area contributed by atoms with Gasteiger partial charge in [-0.3, -0.25) is 9.69 Å². The van der Waals surface area contributed by atoms with E-state index in [9.17, 15) is 4.79 Å². The Hall–Kier alpha value is -2.59. The number of amides is 1. The molecular weight excluding hydrogens is 280 g/mol. The number of likely N-dealkylation sites (N-methyl/N-ethyl adjacent to an activating group) is 1. The van der Waals surface area contributed by atoms with Crippen LogP contribution >= 0.6 is 0 Å². The van der Waals surface area contributed by atoms with Gasteiger partial charge in [0.05, 0.1) is 11.6 Å². The van der Waals surface area contributed by atoms with E-state index in [0.29, 0.717) is 24.3 Å². The van der Waals surface area contributed by atoms with Crippen LogP contribution in [0.4, 0.5) is 0 Å². The van der Waals surface area contributed by atoms with Crippen LogP contribution in [-0.2, 0) is 0 Å². The Morgan fingerprint density at radius 2 is 2.36 bits per heavy atom. The molecule has 1 fully saturated rings. The molecule has 1 atom stereocenters. The molecule has 22 heavy (non-hydrogen) atoms. The van der Waals surface area contributed by atoms with Gasteiger partial charge in [-0.2, -0.15) is 5.26 Å². The maximum Gasteiger partial charge on any atom is 0.270 e. The van der Waals surface area contributed by atoms with Crippen molar-refractivity contribution in [2.45, 2.75) is 13.0 Å². The summed E-state index contributed by atoms with van der Waals surface area (Å²) >= 11 is 0. The van der Waals surface area contributed by atoms with E-state index in [-0.39, 0.29) is 11.9 Å². The van der Waals surface area contributed by atoms with Gasteiger partial charge in [-0.05, 0) is 12.6 Å². The highest BCUT2D eigenvalue weighted by molar-refractivity contribution is 5.93. The molecule has 0 saturated carbocycles. The van der Waals surface area contributed by atoms with Crippen LogP contribution in [0.1, 0.15) is 34.8 Å². The van der Waals surface area contributed by atoms with Crippen molar-refractivity contribution in [1.29, 1.82) is 5.26 Å². The molecule has 3 heterocycles. The molecule has 1 aliphatic heterocycles. The first kappa shape index (κ1) is 14.4. The van der Waals surface area contributed by atoms with Crippen molar-refractivity contribution in [3.63, 3.8) is 0 Å². The normalized spacial score (nSPS) is 19.1. The van der Waals surface area contributed by atoms with Crippen LogP contribution < -0.4 is 0 Å². The third-order valence-corrected chi connectivity index (χ3v) is 4.06. The molecular formula is C15H18N6O. The van der Waals surface area contributed by atoms with Crippen LogP contribution in [0.25, 0.3) is 0 Å². The number of hydrogen-bond donors (Lipinski definition) is 2. The summed E-state index contributed by atoms with van der Waals surface area (Å²) in [4.78, 5) is 27.0. The predicted octanol–water partition coefficient (Wildman–Crippen LogP) is 1.13. The number of aromatic amines is 2. The first-order valence-electron chi connectivity index (χ1n) is 7.34. The summed E-state index contributed by atoms with van der Waals surface area (Å²) in [6.45, 7) is 5.08. The summed E-state index contributed by atoms with van der Waals surface area (Å²) in [5.41, 5.74) is 0.929. The number of piperazine rings is 1. The SMILES string of the molecule is CCN1CCN(C(=O)c2cc(C#N)c[nH]2)C[C@@H]1c1ncc[nH]1. The smallest absolute Gasteiger partial charge is 0.270 e. The molecule has 114 valence electrons. The molecule has 1 aliphatic rings. The second-order valence-electron chi connectivity index (χ2n) is 5.28. The van der Waals surface area contributed by atoms with Crippen LogP contribution in [-0.4, -0.2) is 56.8 Å². The Balaban J connectivity index is 1.78. The molecule has 2 aromatic heterocycles. The van der Waals surface area contributed by atoms with Gasteiger partial charge in [0.2, 0.25) is 0 Å². The second-order valence-corrected chi connectivity index (χ2v) is 5.28. The number of hydrogen-bond acceptors (Lipinski definition) is 4. The summed E-state index contributed by atoms with van der Waals surface area (Å²) in [5.74, 6) is 0.803. The number of carbonyl (C=O) groups is 1. The first-order valence-corrected chi connectivity index (χ1v) is 7.34. The van der Waals surface area contributed by atoms with Crippen LogP contribution in [0.2, 0.25) is 0 Å². The molecule has 7 nitrogen and oxygen atoms in total. The summed E-state index contributed by atoms with van der Waals surface area (Å²) in [6, 6.07) is 3.69. The highest BCUT2D eigenvalue weighted by Gasteiger charge is 2.31. The van der Waals surface area contributed by atoms with E-state index in [1.54, 1.807) is 24.7 Å². The van der Waals surface area contributed by atoms with Gasteiger partial charge < -0.3 is 14.9 Å². The molecule has 0 spiro atoms. The molecule has 2 N–H and O–H groups in total. The van der Waals surface area contributed by atoms with Crippen LogP contribution in [0.5, 0.6) is 0 Å². The lowest BCUT2D eigenvalue weighted by molar-refractivity contribution is 0.0475. The fraction of sp³-hybridized carbons (Fsp3) is 0.400. The van der Waals surface area contributed by atoms with E-state index < -0.39 is 0 Å². The largest absolute Gasteiger partial charge is 0.356 e. The van der Waals surface area contributed by atoms with E-state index in [4.69, 9.17) is 5.26 Å². The van der Waals surface area contributed by atoms with E-state index in [2.05, 4.69) is 26.8 Å². The summed E-state index contributed by atoms with van der Waals surface area (Å²) < 4.78 is 0. The lowest BCUT2D eigenvalue weighted by Crippen LogP contribution is -2.50. The molecule has 7 heteroatoms. The molecule has 0 aliphatic carbocycles. The van der Waals surface area contributed by atoms with E-state index in [1.165, 1.54) is 0 Å². The van der Waals surface area contributed by atoms with Gasteiger partial charge in [0, 0.05) is 38.2 Å². The van der Waals surface area contributed by atoms with Crippen molar-refractivity contribution in [1.82, 2.24) is 24.8 Å². The standard InChI is InChI=1S/C15H18N6O/c1-2-20-5-6-21(10-13(20)14-17-3-4-18-14)15(22)12-7-11(8-16)9-19-12/h3-4,7,9,13,19H,2,5-6,10H2,1H3,(H,17,18)/t13-/m1/s1. The lowest BCUT2D eigenvalue weighted by Gasteiger charge is -2.39. The molecule has 1 saturated heterocycles. The molecule has 2 aromatic rings. The zero-order chi connectivity index (χ0) is 15.5. The van der Waals surface area contributed by atoms with E-state index >= 15 is 0 Å². The molecule has 0 unspecified atom stereocenters. The third kappa shape index (κ3) is 2.61. The van der Waals surface area contributed by atoms with Gasteiger partial charge >= 0.3 is 0 Å². The monoisotopic (exact) mass is 298 g/mol. The maximum absolute atomic E-state index is 12.6. The maximum atomic E-state index is 12.6. The Labute approximate surface area is 128 Å². The quantitative estimate of drug-likeness (QED) is 0.888. The zero-order valence-electron chi connectivity index (χ0n) is 12.4. The Morgan fingerprint density at radius 3 is 3.00 bits per heavy atom. The minimum atomic E-state index is -0.0752. The molecule has 1 amide bonds. The fourth-order valence-electron chi connectivity index (χ4n) is 2.86. The summed E-state index contributed by atoms with van der Waals surface area (Å²) in [5, 5.41) is 8.86. The van der Waals surface area contributed by atoms with Crippen molar-refractivity contribution in [2.75, 3.05) is 26.2 Å². The van der Waals surface area contributed by atoms with Gasteiger partial charge in [0.1, 0.15) is 17.6 Å². The number of nitrogens with zero attached hydrogens (tertiary/aromatic N) is 4. The Morgan fingerprint density at radius 1 is 1.50 bits per heavy atom. The number of imidazole rings is 1. The number of nitriles is 1. The first-order chi connectivity index (χ1) is 10.7. The average molecular weight is 298 g/mol. The number of H-pyrrole nitrogens is 2. The molecule has 0 aromatic carbocycles. The van der Waals surface area contributed by atoms with Crippen molar-refractivity contribution in [3.8, 4) is 6.07 Å². The number of carbonyl (C=O) groups excluding carboxylic acids is 1. The second kappa shape index (κ2) is 6.03. The van der Waals surface area contributed by atoms with Crippen LogP contribution in [0, 0.1) is 11.3 Å². The van der Waals surface area contributed by atoms with Crippen molar-refractivity contribution < 1.29 is 4.79 Å². The topological polar surface area (TPSA) is 91.8 Å². The van der Waals surface area contributed by atoms with E-state index in [0.717, 1.165) is 18.9 Å². The number of rotatable bonds is 3. The van der Waals surface area contributed by atoms with Crippen molar-refractivity contribution >= 4 is 5.91 Å². The molecule has 3 rings (SSSR count). The number of nitrogens with one attached hydrogen (secondary N) is 2. The highest BCUT2D eigenvalue weighted by atomic mass is 16.2. The van der Waals surface area contributed by atoms with Gasteiger partial charge in [0.25, 0.3) is 5.91 Å². The van der Waals surface area contributed by atoms with Crippen LogP contribution in [0.3, 0.4) is 0 Å². The minimum absolute atomic E-state index is 0.0723. The molecule has 0 bridgehead atoms. The van der Waals surface area contributed by atoms with Crippen molar-refractivity contribution in [2.24, 2.45) is 0 Å². The predicted molar refractivity (Wildman–Crippen MR) is 80.0 cm³/mol. The fourth-order valence-corrected chi connectivity index (χ4v) is 2.86. The summed E-state index contributed by atoms with van der Waals surface area (Å²) in [6.07, 6.45) is 5.09. The van der Waals surface area contributed by atoms with Gasteiger partial charge in [-0.1, -0.05) is 6.92 Å². The van der Waals surface area contributed by atoms with Gasteiger partial charge in [0.15, 0.2) is 0 Å². The zero-order valence-corrected chi connectivity index (χ0v) is 12.4. The average Bonchev–Trinajstić information content (AvgIpc) is 3.24.